The van der Waals surface area contributed by atoms with E-state index in [0.717, 1.165) is 0 Å². The van der Waals surface area contributed by atoms with E-state index >= 15 is 0 Å². The molecule has 0 fully saturated rings. The first-order valence-electron chi connectivity index (χ1n) is 4.64. The second-order valence-electron chi connectivity index (χ2n) is 3.33. The van der Waals surface area contributed by atoms with E-state index < -0.39 is 40.1 Å². The maximum atomic E-state index is 12.5. The number of aromatic hydroxyl groups is 1. The van der Waals surface area contributed by atoms with Gasteiger partial charge in [-0.1, -0.05) is 11.6 Å². The number of halogens is 4. The molecule has 0 saturated carbocycles. The van der Waals surface area contributed by atoms with E-state index in [1.54, 1.807) is 0 Å². The molecule has 0 aliphatic rings. The second kappa shape index (κ2) is 5.22. The third kappa shape index (κ3) is 3.91. The van der Waals surface area contributed by atoms with Crippen molar-refractivity contribution >= 4 is 29.2 Å². The van der Waals surface area contributed by atoms with Gasteiger partial charge < -0.3 is 22.3 Å². The van der Waals surface area contributed by atoms with Gasteiger partial charge in [0.15, 0.2) is 11.7 Å². The number of phenolic OH excluding ortho intramolecular Hbond substituents is 1. The molecule has 1 rings (SSSR count). The first kappa shape index (κ1) is 14.9. The van der Waals surface area contributed by atoms with E-state index in [-0.39, 0.29) is 0 Å². The molecule has 0 aliphatic carbocycles. The van der Waals surface area contributed by atoms with Gasteiger partial charge in [0.2, 0.25) is 5.96 Å². The average molecular weight is 296 g/mol. The first-order chi connectivity index (χ1) is 8.61. The van der Waals surface area contributed by atoms with Gasteiger partial charge in [-0.15, -0.1) is 0 Å². The summed E-state index contributed by atoms with van der Waals surface area (Å²) in [5, 5.41) is 8.98. The van der Waals surface area contributed by atoms with Crippen molar-refractivity contribution in [2.75, 3.05) is 0 Å². The molecule has 0 bridgehead atoms. The molecule has 1 aromatic carbocycles. The van der Waals surface area contributed by atoms with Crippen LogP contribution < -0.4 is 17.2 Å². The highest BCUT2D eigenvalue weighted by Gasteiger charge is 2.32. The topological polar surface area (TPSA) is 123 Å². The number of nitrogens with zero attached hydrogens (tertiary/aromatic N) is 2. The predicted molar refractivity (Wildman–Crippen MR) is 65.2 cm³/mol. The minimum Gasteiger partial charge on any atom is -0.504 e. The van der Waals surface area contributed by atoms with E-state index in [0.29, 0.717) is 12.1 Å². The van der Waals surface area contributed by atoms with Crippen molar-refractivity contribution < 1.29 is 18.3 Å². The summed E-state index contributed by atoms with van der Waals surface area (Å²) < 4.78 is 37.6. The Labute approximate surface area is 110 Å². The van der Waals surface area contributed by atoms with E-state index in [9.17, 15) is 18.3 Å². The van der Waals surface area contributed by atoms with Gasteiger partial charge in [-0.2, -0.15) is 18.2 Å². The summed E-state index contributed by atoms with van der Waals surface area (Å²) in [6.07, 6.45) is -4.65. The molecule has 104 valence electrons. The molecule has 1 aromatic rings. The van der Waals surface area contributed by atoms with Gasteiger partial charge in [0.25, 0.3) is 0 Å². The third-order valence-electron chi connectivity index (χ3n) is 1.85. The molecular formula is C9H9ClF3N5O. The molecule has 10 heteroatoms. The lowest BCUT2D eigenvalue weighted by molar-refractivity contribution is -0.137. The average Bonchev–Trinajstić information content (AvgIpc) is 2.21. The monoisotopic (exact) mass is 295 g/mol. The van der Waals surface area contributed by atoms with Gasteiger partial charge >= 0.3 is 6.18 Å². The number of alkyl halides is 3. The minimum absolute atomic E-state index is 0.432. The Morgan fingerprint density at radius 1 is 1.21 bits per heavy atom. The third-order valence-corrected chi connectivity index (χ3v) is 2.14. The second-order valence-corrected chi connectivity index (χ2v) is 3.74. The maximum Gasteiger partial charge on any atom is 0.416 e. The molecule has 0 saturated heterocycles. The molecule has 0 spiro atoms. The summed E-state index contributed by atoms with van der Waals surface area (Å²) in [5.41, 5.74) is 13.7. The van der Waals surface area contributed by atoms with Gasteiger partial charge in [-0.05, 0) is 12.1 Å². The summed E-state index contributed by atoms with van der Waals surface area (Å²) in [5.74, 6) is -1.62. The zero-order chi connectivity index (χ0) is 14.8. The summed E-state index contributed by atoms with van der Waals surface area (Å²) in [7, 11) is 0. The van der Waals surface area contributed by atoms with Crippen LogP contribution in [0.15, 0.2) is 22.1 Å². The maximum absolute atomic E-state index is 12.5. The lowest BCUT2D eigenvalue weighted by atomic mass is 10.2. The minimum atomic E-state index is -4.65. The SMILES string of the molecule is NC(N)=NC(N)=Nc1cc(C(F)(F)F)cc(Cl)c1O. The van der Waals surface area contributed by atoms with Crippen molar-refractivity contribution in [2.24, 2.45) is 27.2 Å². The number of rotatable bonds is 1. The molecule has 0 radical (unpaired) electrons. The van der Waals surface area contributed by atoms with Crippen LogP contribution in [0.5, 0.6) is 5.75 Å². The number of hydrogen-bond acceptors (Lipinski definition) is 2. The van der Waals surface area contributed by atoms with Crippen LogP contribution in [-0.2, 0) is 6.18 Å². The van der Waals surface area contributed by atoms with Gasteiger partial charge in [0.05, 0.1) is 10.6 Å². The highest BCUT2D eigenvalue weighted by molar-refractivity contribution is 6.32. The van der Waals surface area contributed by atoms with Crippen LogP contribution in [0.2, 0.25) is 5.02 Å². The Hall–Kier alpha value is -2.16. The van der Waals surface area contributed by atoms with E-state index in [2.05, 4.69) is 9.98 Å². The van der Waals surface area contributed by atoms with E-state index in [4.69, 9.17) is 28.8 Å². The predicted octanol–water partition coefficient (Wildman–Crippen LogP) is 1.28. The quantitative estimate of drug-likeness (QED) is 0.460. The summed E-state index contributed by atoms with van der Waals surface area (Å²) in [4.78, 5) is 6.75. The van der Waals surface area contributed by atoms with Crippen molar-refractivity contribution in [3.8, 4) is 5.75 Å². The smallest absolute Gasteiger partial charge is 0.416 e. The Bertz CT molecular complexity index is 552. The Morgan fingerprint density at radius 2 is 1.79 bits per heavy atom. The number of aliphatic imine (C=N–C) groups is 2. The Balaban J connectivity index is 3.36. The highest BCUT2D eigenvalue weighted by Crippen LogP contribution is 2.40. The zero-order valence-electron chi connectivity index (χ0n) is 9.24. The molecule has 0 aliphatic heterocycles. The summed E-state index contributed by atoms with van der Waals surface area (Å²) >= 11 is 5.47. The fourth-order valence-corrected chi connectivity index (χ4v) is 1.33. The largest absolute Gasteiger partial charge is 0.504 e. The molecule has 7 N–H and O–H groups in total. The molecule has 0 atom stereocenters. The van der Waals surface area contributed by atoms with Crippen LogP contribution in [0.1, 0.15) is 5.56 Å². The van der Waals surface area contributed by atoms with Gasteiger partial charge in [-0.25, -0.2) is 4.99 Å². The Morgan fingerprint density at radius 3 is 2.26 bits per heavy atom. The number of benzene rings is 1. The Kier molecular flexibility index (Phi) is 4.10. The van der Waals surface area contributed by atoms with Crippen LogP contribution in [0.4, 0.5) is 18.9 Å². The van der Waals surface area contributed by atoms with Crippen molar-refractivity contribution in [3.05, 3.63) is 22.7 Å². The van der Waals surface area contributed by atoms with Crippen molar-refractivity contribution in [1.82, 2.24) is 0 Å². The zero-order valence-corrected chi connectivity index (χ0v) is 10.00. The molecule has 0 aromatic heterocycles. The van der Waals surface area contributed by atoms with Crippen LogP contribution >= 0.6 is 11.6 Å². The number of hydrogen-bond donors (Lipinski definition) is 4. The molecule has 19 heavy (non-hydrogen) atoms. The van der Waals surface area contributed by atoms with Gasteiger partial charge in [0, 0.05) is 0 Å². The molecule has 0 heterocycles. The molecule has 0 unspecified atom stereocenters. The number of phenols is 1. The van der Waals surface area contributed by atoms with Crippen molar-refractivity contribution in [3.63, 3.8) is 0 Å². The van der Waals surface area contributed by atoms with Crippen LogP contribution in [0.25, 0.3) is 0 Å². The lowest BCUT2D eigenvalue weighted by Gasteiger charge is -2.09. The summed E-state index contributed by atoms with van der Waals surface area (Å²) in [6, 6.07) is 1.13. The molecule has 6 nitrogen and oxygen atoms in total. The molecular weight excluding hydrogens is 287 g/mol. The van der Waals surface area contributed by atoms with E-state index in [1.165, 1.54) is 0 Å². The number of nitrogens with two attached hydrogens (primary N) is 3. The highest BCUT2D eigenvalue weighted by atomic mass is 35.5. The first-order valence-corrected chi connectivity index (χ1v) is 5.02. The van der Waals surface area contributed by atoms with Crippen LogP contribution in [0.3, 0.4) is 0 Å². The van der Waals surface area contributed by atoms with Crippen LogP contribution in [0, 0.1) is 0 Å². The van der Waals surface area contributed by atoms with Gasteiger partial charge in [0.1, 0.15) is 5.69 Å². The lowest BCUT2D eigenvalue weighted by Crippen LogP contribution is -2.26. The standard InChI is InChI=1S/C9H9ClF3N5O/c10-4-1-3(9(11,12)13)2-5(6(4)19)17-8(16)18-7(14)15/h1-2,19H,(H6,14,15,16,17,18). The van der Waals surface area contributed by atoms with Crippen molar-refractivity contribution in [2.45, 2.75) is 6.18 Å². The normalized spacial score (nSPS) is 12.3. The fourth-order valence-electron chi connectivity index (χ4n) is 1.11. The van der Waals surface area contributed by atoms with E-state index in [1.807, 2.05) is 0 Å². The summed E-state index contributed by atoms with van der Waals surface area (Å²) in [6.45, 7) is 0. The number of guanidine groups is 2. The van der Waals surface area contributed by atoms with Crippen molar-refractivity contribution in [1.29, 1.82) is 0 Å². The van der Waals surface area contributed by atoms with Gasteiger partial charge in [-0.3, -0.25) is 0 Å². The fraction of sp³-hybridized carbons (Fsp3) is 0.111. The molecule has 0 amide bonds. The van der Waals surface area contributed by atoms with Crippen LogP contribution in [-0.4, -0.2) is 17.0 Å².